The number of carboxylic acids is 1. The Morgan fingerprint density at radius 3 is 2.90 bits per heavy atom. The summed E-state index contributed by atoms with van der Waals surface area (Å²) in [4.78, 5) is 24.2. The molecule has 1 saturated heterocycles. The predicted molar refractivity (Wildman–Crippen MR) is 73.7 cm³/mol. The van der Waals surface area contributed by atoms with E-state index in [-0.39, 0.29) is 24.9 Å². The van der Waals surface area contributed by atoms with Gasteiger partial charge in [-0.1, -0.05) is 15.9 Å². The number of nitrogens with zero attached hydrogens (tertiary/aromatic N) is 1. The van der Waals surface area contributed by atoms with Crippen molar-refractivity contribution in [2.45, 2.75) is 13.0 Å². The van der Waals surface area contributed by atoms with Crippen molar-refractivity contribution in [3.05, 3.63) is 34.1 Å². The summed E-state index contributed by atoms with van der Waals surface area (Å²) < 4.78 is 13.8. The van der Waals surface area contributed by atoms with Crippen LogP contribution >= 0.6 is 15.9 Å². The summed E-state index contributed by atoms with van der Waals surface area (Å²) in [5.74, 6) is -1.75. The Bertz CT molecular complexity index is 538. The summed E-state index contributed by atoms with van der Waals surface area (Å²) in [6.45, 7) is 0.823. The van der Waals surface area contributed by atoms with Crippen LogP contribution in [0.3, 0.4) is 0 Å². The van der Waals surface area contributed by atoms with Crippen LogP contribution < -0.4 is 5.32 Å². The molecule has 2 amide bonds. The molecule has 1 fully saturated rings. The highest BCUT2D eigenvalue weighted by molar-refractivity contribution is 9.10. The fourth-order valence-corrected chi connectivity index (χ4v) is 2.49. The highest BCUT2D eigenvalue weighted by Gasteiger charge is 2.30. The molecule has 1 aliphatic heterocycles. The van der Waals surface area contributed by atoms with Crippen molar-refractivity contribution in [1.82, 2.24) is 10.2 Å². The Hall–Kier alpha value is -1.63. The molecule has 5 nitrogen and oxygen atoms in total. The monoisotopic (exact) mass is 344 g/mol. The predicted octanol–water partition coefficient (Wildman–Crippen LogP) is 2.20. The molecule has 0 spiro atoms. The lowest BCUT2D eigenvalue weighted by molar-refractivity contribution is -0.141. The standard InChI is InChI=1S/C13H14BrFN2O3/c14-11-2-1-10(15)5-9(11)6-16-13(20)17-4-3-8(7-17)12(18)19/h1-2,5,8H,3-4,6-7H2,(H,16,20)(H,18,19). The minimum absolute atomic E-state index is 0.186. The zero-order valence-electron chi connectivity index (χ0n) is 10.6. The molecule has 1 aromatic rings. The Balaban J connectivity index is 1.90. The summed E-state index contributed by atoms with van der Waals surface area (Å²) in [7, 11) is 0. The smallest absolute Gasteiger partial charge is 0.317 e. The Morgan fingerprint density at radius 1 is 1.50 bits per heavy atom. The van der Waals surface area contributed by atoms with Crippen LogP contribution in [0.5, 0.6) is 0 Å². The summed E-state index contributed by atoms with van der Waals surface area (Å²) in [5, 5.41) is 11.5. The van der Waals surface area contributed by atoms with E-state index < -0.39 is 11.9 Å². The van der Waals surface area contributed by atoms with Gasteiger partial charge in [0.25, 0.3) is 0 Å². The van der Waals surface area contributed by atoms with Crippen molar-refractivity contribution in [3.8, 4) is 0 Å². The van der Waals surface area contributed by atoms with E-state index in [9.17, 15) is 14.0 Å². The van der Waals surface area contributed by atoms with Crippen LogP contribution in [0.2, 0.25) is 0 Å². The molecule has 0 saturated carbocycles. The Morgan fingerprint density at radius 2 is 2.25 bits per heavy atom. The number of hydrogen-bond donors (Lipinski definition) is 2. The van der Waals surface area contributed by atoms with Crippen LogP contribution in [0.1, 0.15) is 12.0 Å². The number of halogens is 2. The van der Waals surface area contributed by atoms with Crippen LogP contribution in [0.4, 0.5) is 9.18 Å². The number of aliphatic carboxylic acids is 1. The van der Waals surface area contributed by atoms with E-state index in [1.807, 2.05) is 0 Å². The molecule has 1 atom stereocenters. The first-order chi connectivity index (χ1) is 9.47. The highest BCUT2D eigenvalue weighted by Crippen LogP contribution is 2.19. The molecule has 0 aliphatic carbocycles. The maximum Gasteiger partial charge on any atom is 0.317 e. The van der Waals surface area contributed by atoms with E-state index in [2.05, 4.69) is 21.2 Å². The van der Waals surface area contributed by atoms with Crippen molar-refractivity contribution in [2.75, 3.05) is 13.1 Å². The molecule has 108 valence electrons. The van der Waals surface area contributed by atoms with Crippen LogP contribution in [0.15, 0.2) is 22.7 Å². The molecule has 0 radical (unpaired) electrons. The zero-order chi connectivity index (χ0) is 14.7. The molecule has 20 heavy (non-hydrogen) atoms. The zero-order valence-corrected chi connectivity index (χ0v) is 12.2. The van der Waals surface area contributed by atoms with Gasteiger partial charge in [0.2, 0.25) is 0 Å². The van der Waals surface area contributed by atoms with E-state index in [4.69, 9.17) is 5.11 Å². The molecule has 2 N–H and O–H groups in total. The van der Waals surface area contributed by atoms with Gasteiger partial charge in [-0.05, 0) is 30.2 Å². The fraction of sp³-hybridized carbons (Fsp3) is 0.385. The number of carbonyl (C=O) groups excluding carboxylic acids is 1. The normalized spacial score (nSPS) is 18.1. The summed E-state index contributed by atoms with van der Waals surface area (Å²) in [5.41, 5.74) is 0.632. The van der Waals surface area contributed by atoms with Crippen LogP contribution in [-0.4, -0.2) is 35.1 Å². The Labute approximate surface area is 123 Å². The first-order valence-corrected chi connectivity index (χ1v) is 6.96. The molecule has 1 unspecified atom stereocenters. The van der Waals surface area contributed by atoms with Gasteiger partial charge in [-0.25, -0.2) is 9.18 Å². The fourth-order valence-electron chi connectivity index (χ4n) is 2.11. The average molecular weight is 345 g/mol. The highest BCUT2D eigenvalue weighted by atomic mass is 79.9. The molecular weight excluding hydrogens is 331 g/mol. The molecule has 1 heterocycles. The molecule has 1 aromatic carbocycles. The van der Waals surface area contributed by atoms with E-state index in [1.165, 1.54) is 17.0 Å². The van der Waals surface area contributed by atoms with Gasteiger partial charge >= 0.3 is 12.0 Å². The molecule has 2 rings (SSSR count). The SMILES string of the molecule is O=C(O)C1CCN(C(=O)NCc2cc(F)ccc2Br)C1. The minimum Gasteiger partial charge on any atom is -0.481 e. The summed E-state index contributed by atoms with van der Waals surface area (Å²) >= 11 is 3.28. The third-order valence-electron chi connectivity index (χ3n) is 3.26. The number of nitrogens with one attached hydrogen (secondary N) is 1. The number of likely N-dealkylation sites (tertiary alicyclic amines) is 1. The van der Waals surface area contributed by atoms with E-state index >= 15 is 0 Å². The van der Waals surface area contributed by atoms with E-state index in [0.29, 0.717) is 23.0 Å². The summed E-state index contributed by atoms with van der Waals surface area (Å²) in [6.07, 6.45) is 0.465. The molecule has 1 aliphatic rings. The number of urea groups is 1. The number of hydrogen-bond acceptors (Lipinski definition) is 2. The number of benzene rings is 1. The molecule has 7 heteroatoms. The molecular formula is C13H14BrFN2O3. The number of rotatable bonds is 3. The number of amides is 2. The second kappa shape index (κ2) is 6.21. The summed E-state index contributed by atoms with van der Waals surface area (Å²) in [6, 6.07) is 3.92. The van der Waals surface area contributed by atoms with Gasteiger partial charge in [0.05, 0.1) is 5.92 Å². The van der Waals surface area contributed by atoms with Crippen molar-refractivity contribution in [3.63, 3.8) is 0 Å². The third-order valence-corrected chi connectivity index (χ3v) is 4.04. The van der Waals surface area contributed by atoms with E-state index in [0.717, 1.165) is 0 Å². The van der Waals surface area contributed by atoms with Crippen molar-refractivity contribution < 1.29 is 19.1 Å². The largest absolute Gasteiger partial charge is 0.481 e. The second-order valence-corrected chi connectivity index (χ2v) is 5.52. The third kappa shape index (κ3) is 3.47. The van der Waals surface area contributed by atoms with Gasteiger partial charge in [-0.2, -0.15) is 0 Å². The number of carbonyl (C=O) groups is 2. The lowest BCUT2D eigenvalue weighted by atomic mass is 10.1. The van der Waals surface area contributed by atoms with Gasteiger partial charge in [-0.3, -0.25) is 4.79 Å². The second-order valence-electron chi connectivity index (χ2n) is 4.66. The van der Waals surface area contributed by atoms with Crippen molar-refractivity contribution in [1.29, 1.82) is 0 Å². The van der Waals surface area contributed by atoms with Crippen molar-refractivity contribution in [2.24, 2.45) is 5.92 Å². The minimum atomic E-state index is -0.881. The average Bonchev–Trinajstić information content (AvgIpc) is 2.89. The van der Waals surface area contributed by atoms with Crippen LogP contribution in [0.25, 0.3) is 0 Å². The topological polar surface area (TPSA) is 69.6 Å². The molecule has 0 aromatic heterocycles. The number of carboxylic acid groups (broad SMARTS) is 1. The maximum atomic E-state index is 13.1. The lowest BCUT2D eigenvalue weighted by Crippen LogP contribution is -2.38. The first kappa shape index (κ1) is 14.8. The van der Waals surface area contributed by atoms with Gasteiger partial charge in [-0.15, -0.1) is 0 Å². The molecule has 0 bridgehead atoms. The van der Waals surface area contributed by atoms with Gasteiger partial charge in [0, 0.05) is 24.1 Å². The maximum absolute atomic E-state index is 13.1. The Kier molecular flexibility index (Phi) is 4.59. The van der Waals surface area contributed by atoms with Crippen LogP contribution in [0, 0.1) is 11.7 Å². The van der Waals surface area contributed by atoms with Gasteiger partial charge < -0.3 is 15.3 Å². The van der Waals surface area contributed by atoms with Gasteiger partial charge in [0.1, 0.15) is 5.82 Å². The van der Waals surface area contributed by atoms with Crippen molar-refractivity contribution >= 4 is 27.9 Å². The van der Waals surface area contributed by atoms with Gasteiger partial charge in [0.15, 0.2) is 0 Å². The first-order valence-electron chi connectivity index (χ1n) is 6.17. The quantitative estimate of drug-likeness (QED) is 0.883. The van der Waals surface area contributed by atoms with Crippen LogP contribution in [-0.2, 0) is 11.3 Å². The lowest BCUT2D eigenvalue weighted by Gasteiger charge is -2.17. The van der Waals surface area contributed by atoms with E-state index in [1.54, 1.807) is 6.07 Å².